The standard InChI is InChI=1S/C9H12N2/c1-4-8-7-9(5-2)11(6-3)10-8/h5-7H,2-4H2,1H3. The Hall–Kier alpha value is -1.31. The number of hydrogen-bond donors (Lipinski definition) is 0. The maximum atomic E-state index is 4.25. The maximum absolute atomic E-state index is 4.25. The molecule has 0 aliphatic heterocycles. The molecule has 0 aliphatic rings. The van der Waals surface area contributed by atoms with E-state index >= 15 is 0 Å². The fourth-order valence-corrected chi connectivity index (χ4v) is 0.933. The molecule has 0 amide bonds. The average Bonchev–Trinajstić information content (AvgIpc) is 2.46. The minimum absolute atomic E-state index is 0.946. The Balaban J connectivity index is 3.11. The van der Waals surface area contributed by atoms with E-state index in [1.807, 2.05) is 6.07 Å². The molecular formula is C9H12N2. The van der Waals surface area contributed by atoms with Crippen LogP contribution in [0.3, 0.4) is 0 Å². The van der Waals surface area contributed by atoms with Crippen molar-refractivity contribution < 1.29 is 0 Å². The van der Waals surface area contributed by atoms with Crippen molar-refractivity contribution in [2.24, 2.45) is 0 Å². The van der Waals surface area contributed by atoms with Crippen molar-refractivity contribution in [3.05, 3.63) is 30.6 Å². The summed E-state index contributed by atoms with van der Waals surface area (Å²) in [7, 11) is 0. The van der Waals surface area contributed by atoms with Crippen molar-refractivity contribution in [1.82, 2.24) is 9.78 Å². The van der Waals surface area contributed by atoms with Crippen molar-refractivity contribution in [1.29, 1.82) is 0 Å². The van der Waals surface area contributed by atoms with E-state index in [-0.39, 0.29) is 0 Å². The predicted molar refractivity (Wildman–Crippen MR) is 48.1 cm³/mol. The van der Waals surface area contributed by atoms with Gasteiger partial charge in [-0.3, -0.25) is 0 Å². The quantitative estimate of drug-likeness (QED) is 0.642. The third kappa shape index (κ3) is 1.40. The number of nitrogens with zero attached hydrogens (tertiary/aromatic N) is 2. The zero-order valence-corrected chi connectivity index (χ0v) is 6.75. The monoisotopic (exact) mass is 148 g/mol. The fraction of sp³-hybridized carbons (Fsp3) is 0.222. The molecule has 0 aliphatic carbocycles. The molecule has 0 saturated carbocycles. The van der Waals surface area contributed by atoms with Gasteiger partial charge >= 0.3 is 0 Å². The molecule has 0 aromatic carbocycles. The Labute approximate surface area is 66.8 Å². The normalized spacial score (nSPS) is 9.55. The number of aryl methyl sites for hydroxylation is 1. The molecule has 0 N–H and O–H groups in total. The molecule has 0 saturated heterocycles. The van der Waals surface area contributed by atoms with Crippen LogP contribution in [0.15, 0.2) is 19.2 Å². The summed E-state index contributed by atoms with van der Waals surface area (Å²) >= 11 is 0. The lowest BCUT2D eigenvalue weighted by Crippen LogP contribution is -1.90. The first-order chi connectivity index (χ1) is 5.31. The Morgan fingerprint density at radius 2 is 2.36 bits per heavy atom. The zero-order chi connectivity index (χ0) is 8.27. The van der Waals surface area contributed by atoms with Gasteiger partial charge in [0.05, 0.1) is 11.4 Å². The van der Waals surface area contributed by atoms with Gasteiger partial charge in [0.2, 0.25) is 0 Å². The van der Waals surface area contributed by atoms with Gasteiger partial charge in [-0.25, -0.2) is 4.68 Å². The van der Waals surface area contributed by atoms with Crippen LogP contribution in [0.5, 0.6) is 0 Å². The van der Waals surface area contributed by atoms with E-state index in [4.69, 9.17) is 0 Å². The van der Waals surface area contributed by atoms with E-state index in [0.717, 1.165) is 17.8 Å². The summed E-state index contributed by atoms with van der Waals surface area (Å²) in [6.45, 7) is 9.39. The Kier molecular flexibility index (Phi) is 2.26. The summed E-state index contributed by atoms with van der Waals surface area (Å²) < 4.78 is 1.73. The molecule has 0 unspecified atom stereocenters. The van der Waals surface area contributed by atoms with Gasteiger partial charge in [0.15, 0.2) is 0 Å². The number of aromatic nitrogens is 2. The summed E-state index contributed by atoms with van der Waals surface area (Å²) in [4.78, 5) is 0. The number of rotatable bonds is 3. The summed E-state index contributed by atoms with van der Waals surface area (Å²) in [6, 6.07) is 2.01. The third-order valence-electron chi connectivity index (χ3n) is 1.56. The maximum Gasteiger partial charge on any atom is 0.0658 e. The van der Waals surface area contributed by atoms with Crippen molar-refractivity contribution >= 4 is 12.3 Å². The second-order valence-corrected chi connectivity index (χ2v) is 2.25. The van der Waals surface area contributed by atoms with E-state index in [1.165, 1.54) is 0 Å². The molecule has 58 valence electrons. The van der Waals surface area contributed by atoms with Crippen LogP contribution < -0.4 is 0 Å². The molecule has 1 rings (SSSR count). The van der Waals surface area contributed by atoms with Gasteiger partial charge in [0, 0.05) is 6.20 Å². The third-order valence-corrected chi connectivity index (χ3v) is 1.56. The lowest BCUT2D eigenvalue weighted by atomic mass is 10.3. The largest absolute Gasteiger partial charge is 0.241 e. The SMILES string of the molecule is C=Cc1cc(CC)nn1C=C. The highest BCUT2D eigenvalue weighted by atomic mass is 15.3. The van der Waals surface area contributed by atoms with Gasteiger partial charge < -0.3 is 0 Å². The molecule has 0 radical (unpaired) electrons. The van der Waals surface area contributed by atoms with E-state index in [2.05, 4.69) is 25.2 Å². The van der Waals surface area contributed by atoms with Gasteiger partial charge in [-0.05, 0) is 18.6 Å². The summed E-state index contributed by atoms with van der Waals surface area (Å²) in [6.07, 6.45) is 4.39. The first kappa shape index (κ1) is 7.79. The van der Waals surface area contributed by atoms with E-state index in [1.54, 1.807) is 17.0 Å². The van der Waals surface area contributed by atoms with Crippen molar-refractivity contribution in [3.8, 4) is 0 Å². The second kappa shape index (κ2) is 3.19. The Bertz CT molecular complexity index is 246. The van der Waals surface area contributed by atoms with E-state index in [9.17, 15) is 0 Å². The van der Waals surface area contributed by atoms with Crippen LogP contribution in [0.2, 0.25) is 0 Å². The lowest BCUT2D eigenvalue weighted by Gasteiger charge is -1.91. The molecule has 1 heterocycles. The van der Waals surface area contributed by atoms with Crippen LogP contribution in [0, 0.1) is 0 Å². The van der Waals surface area contributed by atoms with Crippen molar-refractivity contribution in [2.45, 2.75) is 13.3 Å². The van der Waals surface area contributed by atoms with E-state index in [0.29, 0.717) is 0 Å². The molecule has 0 atom stereocenters. The first-order valence-corrected chi connectivity index (χ1v) is 3.65. The molecular weight excluding hydrogens is 136 g/mol. The lowest BCUT2D eigenvalue weighted by molar-refractivity contribution is 0.877. The Morgan fingerprint density at radius 1 is 1.64 bits per heavy atom. The fourth-order valence-electron chi connectivity index (χ4n) is 0.933. The minimum atomic E-state index is 0.946. The van der Waals surface area contributed by atoms with Crippen molar-refractivity contribution in [3.63, 3.8) is 0 Å². The molecule has 1 aromatic heterocycles. The van der Waals surface area contributed by atoms with Crippen LogP contribution in [0.25, 0.3) is 12.3 Å². The summed E-state index contributed by atoms with van der Waals surface area (Å²) in [5.74, 6) is 0. The molecule has 0 bridgehead atoms. The highest BCUT2D eigenvalue weighted by molar-refractivity contribution is 5.46. The van der Waals surface area contributed by atoms with Gasteiger partial charge in [-0.2, -0.15) is 5.10 Å². The van der Waals surface area contributed by atoms with Crippen LogP contribution in [-0.4, -0.2) is 9.78 Å². The minimum Gasteiger partial charge on any atom is -0.241 e. The van der Waals surface area contributed by atoms with E-state index < -0.39 is 0 Å². The van der Waals surface area contributed by atoms with Crippen molar-refractivity contribution in [2.75, 3.05) is 0 Å². The zero-order valence-electron chi connectivity index (χ0n) is 6.75. The molecule has 2 heteroatoms. The molecule has 1 aromatic rings. The second-order valence-electron chi connectivity index (χ2n) is 2.25. The molecule has 0 spiro atoms. The summed E-state index contributed by atoms with van der Waals surface area (Å²) in [5, 5.41) is 4.25. The van der Waals surface area contributed by atoms with Crippen LogP contribution in [-0.2, 0) is 6.42 Å². The highest BCUT2D eigenvalue weighted by Crippen LogP contribution is 2.06. The van der Waals surface area contributed by atoms with Crippen LogP contribution >= 0.6 is 0 Å². The first-order valence-electron chi connectivity index (χ1n) is 3.65. The molecule has 0 fully saturated rings. The predicted octanol–water partition coefficient (Wildman–Crippen LogP) is 2.19. The van der Waals surface area contributed by atoms with Gasteiger partial charge in [0.1, 0.15) is 0 Å². The summed E-state index contributed by atoms with van der Waals surface area (Å²) in [5.41, 5.74) is 2.07. The topological polar surface area (TPSA) is 17.8 Å². The van der Waals surface area contributed by atoms with Gasteiger partial charge in [-0.1, -0.05) is 20.1 Å². The van der Waals surface area contributed by atoms with Gasteiger partial charge in [0.25, 0.3) is 0 Å². The average molecular weight is 148 g/mol. The Morgan fingerprint density at radius 3 is 2.73 bits per heavy atom. The van der Waals surface area contributed by atoms with Crippen LogP contribution in [0.1, 0.15) is 18.3 Å². The highest BCUT2D eigenvalue weighted by Gasteiger charge is 1.99. The number of hydrogen-bond acceptors (Lipinski definition) is 1. The van der Waals surface area contributed by atoms with Gasteiger partial charge in [-0.15, -0.1) is 0 Å². The smallest absolute Gasteiger partial charge is 0.0658 e. The molecule has 2 nitrogen and oxygen atoms in total. The van der Waals surface area contributed by atoms with Crippen LogP contribution in [0.4, 0.5) is 0 Å². The molecule has 11 heavy (non-hydrogen) atoms.